The van der Waals surface area contributed by atoms with Gasteiger partial charge in [-0.1, -0.05) is 52.9 Å². The van der Waals surface area contributed by atoms with Crippen molar-refractivity contribution in [2.45, 2.75) is 72.1 Å². The molecule has 0 amide bonds. The van der Waals surface area contributed by atoms with E-state index in [0.29, 0.717) is 19.7 Å². The van der Waals surface area contributed by atoms with Crippen molar-refractivity contribution in [3.63, 3.8) is 0 Å². The van der Waals surface area contributed by atoms with Gasteiger partial charge in [-0.2, -0.15) is 0 Å². The van der Waals surface area contributed by atoms with Crippen LogP contribution in [0.15, 0.2) is 0 Å². The summed E-state index contributed by atoms with van der Waals surface area (Å²) in [5, 5.41) is 0. The smallest absolute Gasteiger partial charge is 0.312 e. The number of rotatable bonds is 13. The molecule has 0 aromatic carbocycles. The second-order valence-corrected chi connectivity index (χ2v) is 6.85. The van der Waals surface area contributed by atoms with Crippen LogP contribution in [0.5, 0.6) is 0 Å². The fraction of sp³-hybridized carbons (Fsp3) is 1.00. The zero-order chi connectivity index (χ0) is 14.6. The first-order chi connectivity index (χ1) is 9.08. The minimum Gasteiger partial charge on any atom is -0.312 e. The zero-order valence-corrected chi connectivity index (χ0v) is 13.8. The van der Waals surface area contributed by atoms with Gasteiger partial charge in [-0.3, -0.25) is 4.52 Å². The predicted octanol–water partition coefficient (Wildman–Crippen LogP) is 4.59. The first-order valence-electron chi connectivity index (χ1n) is 7.81. The lowest BCUT2D eigenvalue weighted by molar-refractivity contribution is 0.195. The van der Waals surface area contributed by atoms with Gasteiger partial charge in [-0.05, 0) is 19.3 Å². The Bertz CT molecular complexity index is 241. The third kappa shape index (κ3) is 9.61. The molecule has 0 radical (unpaired) electrons. The summed E-state index contributed by atoms with van der Waals surface area (Å²) in [5.74, 6) is 0. The standard InChI is InChI=1S/C14H32NO3P/c1-4-7-10-11-14-18-19(16,17)15(12-8-5-2)13-9-6-3/h4-14H2,1-3H3,(H,16,17). The molecule has 1 N–H and O–H groups in total. The van der Waals surface area contributed by atoms with Crippen LogP contribution in [0, 0.1) is 0 Å². The summed E-state index contributed by atoms with van der Waals surface area (Å²) < 4.78 is 19.1. The van der Waals surface area contributed by atoms with Gasteiger partial charge in [0.25, 0.3) is 0 Å². The van der Waals surface area contributed by atoms with Gasteiger partial charge in [0.1, 0.15) is 0 Å². The summed E-state index contributed by atoms with van der Waals surface area (Å²) in [6.07, 6.45) is 8.19. The average Bonchev–Trinajstić information content (AvgIpc) is 2.38. The van der Waals surface area contributed by atoms with Crippen molar-refractivity contribution in [1.29, 1.82) is 0 Å². The van der Waals surface area contributed by atoms with Gasteiger partial charge in [0, 0.05) is 13.1 Å². The molecule has 0 rings (SSSR count). The normalized spacial score (nSPS) is 14.8. The lowest BCUT2D eigenvalue weighted by atomic mass is 10.2. The molecule has 0 aliphatic carbocycles. The van der Waals surface area contributed by atoms with Gasteiger partial charge < -0.3 is 4.89 Å². The van der Waals surface area contributed by atoms with Crippen LogP contribution in [0.4, 0.5) is 0 Å². The van der Waals surface area contributed by atoms with Crippen molar-refractivity contribution in [3.8, 4) is 0 Å². The Labute approximate surface area is 119 Å². The molecule has 0 bridgehead atoms. The van der Waals surface area contributed by atoms with Crippen LogP contribution in [0.3, 0.4) is 0 Å². The van der Waals surface area contributed by atoms with Crippen LogP contribution >= 0.6 is 7.75 Å². The summed E-state index contributed by atoms with van der Waals surface area (Å²) >= 11 is 0. The average molecular weight is 293 g/mol. The van der Waals surface area contributed by atoms with E-state index in [2.05, 4.69) is 20.8 Å². The van der Waals surface area contributed by atoms with Gasteiger partial charge in [0.05, 0.1) is 6.61 Å². The van der Waals surface area contributed by atoms with Gasteiger partial charge in [-0.15, -0.1) is 0 Å². The largest absolute Gasteiger partial charge is 0.405 e. The Hall–Kier alpha value is 0.110. The molecule has 0 aromatic rings. The Morgan fingerprint density at radius 1 is 0.895 bits per heavy atom. The van der Waals surface area contributed by atoms with Gasteiger partial charge in [0.15, 0.2) is 0 Å². The van der Waals surface area contributed by atoms with Crippen molar-refractivity contribution in [2.24, 2.45) is 0 Å². The molecule has 1 atom stereocenters. The molecule has 1 unspecified atom stereocenters. The van der Waals surface area contributed by atoms with Crippen molar-refractivity contribution < 1.29 is 14.0 Å². The van der Waals surface area contributed by atoms with E-state index in [4.69, 9.17) is 4.52 Å². The Kier molecular flexibility index (Phi) is 12.0. The molecular weight excluding hydrogens is 261 g/mol. The second-order valence-electron chi connectivity index (χ2n) is 5.05. The molecule has 19 heavy (non-hydrogen) atoms. The maximum atomic E-state index is 12.2. The fourth-order valence-electron chi connectivity index (χ4n) is 1.84. The summed E-state index contributed by atoms with van der Waals surface area (Å²) in [6.45, 7) is 8.02. The Morgan fingerprint density at radius 3 is 1.89 bits per heavy atom. The maximum absolute atomic E-state index is 12.2. The van der Waals surface area contributed by atoms with E-state index >= 15 is 0 Å². The number of nitrogens with zero attached hydrogens (tertiary/aromatic N) is 1. The summed E-state index contributed by atoms with van der Waals surface area (Å²) in [7, 11) is -3.58. The van der Waals surface area contributed by atoms with Crippen LogP contribution in [0.25, 0.3) is 0 Å². The van der Waals surface area contributed by atoms with Gasteiger partial charge in [0.2, 0.25) is 0 Å². The summed E-state index contributed by atoms with van der Waals surface area (Å²) in [6, 6.07) is 0. The highest BCUT2D eigenvalue weighted by atomic mass is 31.2. The summed E-state index contributed by atoms with van der Waals surface area (Å²) in [4.78, 5) is 10.0. The lowest BCUT2D eigenvalue weighted by Gasteiger charge is -2.26. The molecule has 4 nitrogen and oxygen atoms in total. The fourth-order valence-corrected chi connectivity index (χ4v) is 3.16. The molecule has 0 heterocycles. The Balaban J connectivity index is 4.13. The number of hydrogen-bond acceptors (Lipinski definition) is 2. The van der Waals surface area contributed by atoms with E-state index in [0.717, 1.165) is 51.4 Å². The first kappa shape index (κ1) is 19.1. The lowest BCUT2D eigenvalue weighted by Crippen LogP contribution is -2.24. The van der Waals surface area contributed by atoms with Crippen molar-refractivity contribution in [1.82, 2.24) is 4.67 Å². The number of unbranched alkanes of at least 4 members (excludes halogenated alkanes) is 5. The SMILES string of the molecule is CCCCCCOP(=O)(O)N(CCCC)CCCC. The highest BCUT2D eigenvalue weighted by molar-refractivity contribution is 7.50. The third-order valence-corrected chi connectivity index (χ3v) is 4.79. The van der Waals surface area contributed by atoms with Crippen LogP contribution < -0.4 is 0 Å². The van der Waals surface area contributed by atoms with Crippen LogP contribution in [0.2, 0.25) is 0 Å². The molecule has 0 saturated heterocycles. The van der Waals surface area contributed by atoms with E-state index in [-0.39, 0.29) is 0 Å². The molecule has 0 aliphatic rings. The maximum Gasteiger partial charge on any atom is 0.405 e. The zero-order valence-electron chi connectivity index (χ0n) is 12.9. The number of hydrogen-bond donors (Lipinski definition) is 1. The summed E-state index contributed by atoms with van der Waals surface area (Å²) in [5.41, 5.74) is 0. The quantitative estimate of drug-likeness (QED) is 0.399. The minimum atomic E-state index is -3.58. The highest BCUT2D eigenvalue weighted by Crippen LogP contribution is 2.46. The molecule has 0 saturated carbocycles. The van der Waals surface area contributed by atoms with E-state index in [1.54, 1.807) is 4.67 Å². The second kappa shape index (κ2) is 11.9. The van der Waals surface area contributed by atoms with E-state index in [1.807, 2.05) is 0 Å². The third-order valence-electron chi connectivity index (χ3n) is 3.15. The molecule has 0 spiro atoms. The Morgan fingerprint density at radius 2 is 1.42 bits per heavy atom. The molecule has 0 aliphatic heterocycles. The molecule has 116 valence electrons. The first-order valence-corrected chi connectivity index (χ1v) is 9.34. The predicted molar refractivity (Wildman–Crippen MR) is 81.3 cm³/mol. The minimum absolute atomic E-state index is 0.391. The highest BCUT2D eigenvalue weighted by Gasteiger charge is 2.28. The monoisotopic (exact) mass is 293 g/mol. The van der Waals surface area contributed by atoms with Crippen LogP contribution in [-0.2, 0) is 9.09 Å². The van der Waals surface area contributed by atoms with Gasteiger partial charge >= 0.3 is 7.75 Å². The van der Waals surface area contributed by atoms with E-state index in [9.17, 15) is 9.46 Å². The van der Waals surface area contributed by atoms with Crippen LogP contribution in [0.1, 0.15) is 72.1 Å². The van der Waals surface area contributed by atoms with E-state index < -0.39 is 7.75 Å². The van der Waals surface area contributed by atoms with Crippen molar-refractivity contribution in [3.05, 3.63) is 0 Å². The topological polar surface area (TPSA) is 49.8 Å². The molecule has 5 heteroatoms. The molecule has 0 aromatic heterocycles. The van der Waals surface area contributed by atoms with Gasteiger partial charge in [-0.25, -0.2) is 9.24 Å². The van der Waals surface area contributed by atoms with Crippen molar-refractivity contribution >= 4 is 7.75 Å². The molecule has 0 fully saturated rings. The molecular formula is C14H32NO3P. The van der Waals surface area contributed by atoms with Crippen molar-refractivity contribution in [2.75, 3.05) is 19.7 Å². The van der Waals surface area contributed by atoms with Crippen LogP contribution in [-0.4, -0.2) is 29.3 Å². The van der Waals surface area contributed by atoms with E-state index in [1.165, 1.54) is 0 Å².